The minimum absolute atomic E-state index is 0.0592. The van der Waals surface area contributed by atoms with Gasteiger partial charge in [0.15, 0.2) is 9.84 Å². The van der Waals surface area contributed by atoms with Crippen LogP contribution in [0.2, 0.25) is 0 Å². The molecule has 4 heteroatoms. The Balaban J connectivity index is 2.33. The summed E-state index contributed by atoms with van der Waals surface area (Å²) >= 11 is 0. The van der Waals surface area contributed by atoms with Gasteiger partial charge in [-0.25, -0.2) is 8.42 Å². The smallest absolute Gasteiger partial charge is 0.156 e. The van der Waals surface area contributed by atoms with Crippen LogP contribution in [0.25, 0.3) is 0 Å². The second kappa shape index (κ2) is 4.42. The highest BCUT2D eigenvalue weighted by Gasteiger charge is 2.32. The molecule has 1 aromatic carbocycles. The van der Waals surface area contributed by atoms with Gasteiger partial charge in [-0.05, 0) is 31.9 Å². The third-order valence-electron chi connectivity index (χ3n) is 3.47. The lowest BCUT2D eigenvalue weighted by Crippen LogP contribution is -2.44. The molecule has 1 fully saturated rings. The normalized spacial score (nSPS) is 27.9. The molecule has 17 heavy (non-hydrogen) atoms. The van der Waals surface area contributed by atoms with Crippen LogP contribution in [-0.4, -0.2) is 26.0 Å². The molecule has 2 rings (SSSR count). The van der Waals surface area contributed by atoms with E-state index in [9.17, 15) is 8.42 Å². The summed E-state index contributed by atoms with van der Waals surface area (Å²) in [6.07, 6.45) is 0. The molecule has 0 saturated carbocycles. The number of sulfone groups is 1. The Hall–Kier alpha value is -0.870. The van der Waals surface area contributed by atoms with Gasteiger partial charge in [0.2, 0.25) is 0 Å². The Bertz CT molecular complexity index is 522. The van der Waals surface area contributed by atoms with E-state index in [0.29, 0.717) is 6.54 Å². The molecule has 0 amide bonds. The first kappa shape index (κ1) is 12.6. The highest BCUT2D eigenvalue weighted by Crippen LogP contribution is 2.25. The Morgan fingerprint density at radius 3 is 2.65 bits per heavy atom. The fourth-order valence-corrected chi connectivity index (χ4v) is 3.67. The molecule has 1 aliphatic rings. The van der Waals surface area contributed by atoms with Crippen LogP contribution in [0, 0.1) is 13.8 Å². The summed E-state index contributed by atoms with van der Waals surface area (Å²) in [5.74, 6) is 0.207. The molecule has 3 nitrogen and oxygen atoms in total. The van der Waals surface area contributed by atoms with Crippen molar-refractivity contribution in [1.82, 2.24) is 5.32 Å². The van der Waals surface area contributed by atoms with Gasteiger partial charge < -0.3 is 5.32 Å². The topological polar surface area (TPSA) is 46.2 Å². The van der Waals surface area contributed by atoms with E-state index in [2.05, 4.69) is 23.5 Å². The maximum absolute atomic E-state index is 11.9. The first-order valence-corrected chi connectivity index (χ1v) is 7.64. The zero-order chi connectivity index (χ0) is 12.6. The third kappa shape index (κ3) is 2.53. The highest BCUT2D eigenvalue weighted by atomic mass is 32.2. The zero-order valence-electron chi connectivity index (χ0n) is 10.5. The van der Waals surface area contributed by atoms with E-state index in [1.165, 1.54) is 5.56 Å². The van der Waals surface area contributed by atoms with Crippen molar-refractivity contribution in [1.29, 1.82) is 0 Å². The lowest BCUT2D eigenvalue weighted by molar-refractivity contribution is 0.501. The summed E-state index contributed by atoms with van der Waals surface area (Å²) in [5, 5.41) is 3.06. The van der Waals surface area contributed by atoms with Gasteiger partial charge in [0.1, 0.15) is 0 Å². The first-order valence-electron chi connectivity index (χ1n) is 5.92. The molecule has 0 aliphatic carbocycles. The van der Waals surface area contributed by atoms with Crippen molar-refractivity contribution in [3.05, 3.63) is 34.9 Å². The van der Waals surface area contributed by atoms with Crippen molar-refractivity contribution in [2.24, 2.45) is 0 Å². The summed E-state index contributed by atoms with van der Waals surface area (Å²) in [4.78, 5) is 0. The molecular weight excluding hydrogens is 234 g/mol. The lowest BCUT2D eigenvalue weighted by Gasteiger charge is -2.29. The van der Waals surface area contributed by atoms with Crippen LogP contribution in [0.15, 0.2) is 18.2 Å². The third-order valence-corrected chi connectivity index (χ3v) is 5.66. The van der Waals surface area contributed by atoms with Gasteiger partial charge in [0.05, 0.1) is 11.0 Å². The van der Waals surface area contributed by atoms with Crippen LogP contribution >= 0.6 is 0 Å². The fourth-order valence-electron chi connectivity index (χ4n) is 2.23. The standard InChI is InChI=1S/C13H19NO2S/c1-9-4-5-10(2)12(6-9)13-8-17(15,16)11(3)7-14-13/h4-6,11,13-14H,7-8H2,1-3H3. The van der Waals surface area contributed by atoms with Gasteiger partial charge in [-0.15, -0.1) is 0 Å². The quantitative estimate of drug-likeness (QED) is 0.829. The second-order valence-electron chi connectivity index (χ2n) is 4.96. The highest BCUT2D eigenvalue weighted by molar-refractivity contribution is 7.92. The summed E-state index contributed by atoms with van der Waals surface area (Å²) < 4.78 is 23.8. The predicted molar refractivity (Wildman–Crippen MR) is 69.9 cm³/mol. The predicted octanol–water partition coefficient (Wildman–Crippen LogP) is 1.75. The number of aryl methyl sites for hydroxylation is 2. The molecule has 1 aliphatic heterocycles. The van der Waals surface area contributed by atoms with Crippen molar-refractivity contribution in [2.75, 3.05) is 12.3 Å². The van der Waals surface area contributed by atoms with Crippen LogP contribution in [0.3, 0.4) is 0 Å². The molecule has 0 spiro atoms. The Morgan fingerprint density at radius 1 is 1.29 bits per heavy atom. The molecule has 1 heterocycles. The van der Waals surface area contributed by atoms with E-state index >= 15 is 0 Å². The maximum Gasteiger partial charge on any atom is 0.156 e. The summed E-state index contributed by atoms with van der Waals surface area (Å²) in [5.41, 5.74) is 3.43. The molecule has 0 bridgehead atoms. The minimum atomic E-state index is -2.95. The van der Waals surface area contributed by atoms with Crippen molar-refractivity contribution in [2.45, 2.75) is 32.1 Å². The number of hydrogen-bond acceptors (Lipinski definition) is 3. The van der Waals surface area contributed by atoms with Gasteiger partial charge in [-0.3, -0.25) is 0 Å². The minimum Gasteiger partial charge on any atom is -0.308 e. The summed E-state index contributed by atoms with van der Waals surface area (Å²) in [6.45, 7) is 6.37. The van der Waals surface area contributed by atoms with Crippen LogP contribution in [0.5, 0.6) is 0 Å². The SMILES string of the molecule is Cc1ccc(C)c(C2CS(=O)(=O)C(C)CN2)c1. The van der Waals surface area contributed by atoms with Crippen LogP contribution < -0.4 is 5.32 Å². The van der Waals surface area contributed by atoms with E-state index in [4.69, 9.17) is 0 Å². The van der Waals surface area contributed by atoms with E-state index < -0.39 is 9.84 Å². The van der Waals surface area contributed by atoms with Gasteiger partial charge in [-0.2, -0.15) is 0 Å². The van der Waals surface area contributed by atoms with Crippen LogP contribution in [0.4, 0.5) is 0 Å². The molecule has 2 unspecified atom stereocenters. The molecule has 0 aromatic heterocycles. The first-order chi connectivity index (χ1) is 7.90. The van der Waals surface area contributed by atoms with Gasteiger partial charge in [0, 0.05) is 12.6 Å². The van der Waals surface area contributed by atoms with E-state index in [-0.39, 0.29) is 17.0 Å². The van der Waals surface area contributed by atoms with E-state index in [1.807, 2.05) is 13.8 Å². The van der Waals surface area contributed by atoms with Crippen molar-refractivity contribution in [3.8, 4) is 0 Å². The average molecular weight is 253 g/mol. The Kier molecular flexibility index (Phi) is 3.27. The van der Waals surface area contributed by atoms with E-state index in [0.717, 1.165) is 11.1 Å². The molecule has 1 aromatic rings. The fraction of sp³-hybridized carbons (Fsp3) is 0.538. The molecule has 1 N–H and O–H groups in total. The summed E-state index contributed by atoms with van der Waals surface area (Å²) in [6, 6.07) is 6.13. The number of nitrogens with one attached hydrogen (secondary N) is 1. The van der Waals surface area contributed by atoms with Crippen molar-refractivity contribution < 1.29 is 8.42 Å². The lowest BCUT2D eigenvalue weighted by atomic mass is 10.00. The van der Waals surface area contributed by atoms with Crippen LogP contribution in [0.1, 0.15) is 29.7 Å². The number of rotatable bonds is 1. The Labute approximate surface area is 103 Å². The molecule has 2 atom stereocenters. The Morgan fingerprint density at radius 2 is 2.00 bits per heavy atom. The molecular formula is C13H19NO2S. The molecule has 0 radical (unpaired) electrons. The average Bonchev–Trinajstić information content (AvgIpc) is 2.25. The van der Waals surface area contributed by atoms with Crippen molar-refractivity contribution in [3.63, 3.8) is 0 Å². The maximum atomic E-state index is 11.9. The van der Waals surface area contributed by atoms with Gasteiger partial charge in [-0.1, -0.05) is 23.8 Å². The van der Waals surface area contributed by atoms with Crippen LogP contribution in [-0.2, 0) is 9.84 Å². The zero-order valence-corrected chi connectivity index (χ0v) is 11.3. The molecule has 94 valence electrons. The van der Waals surface area contributed by atoms with E-state index in [1.54, 1.807) is 6.92 Å². The summed E-state index contributed by atoms with van der Waals surface area (Å²) in [7, 11) is -2.95. The number of hydrogen-bond donors (Lipinski definition) is 1. The number of benzene rings is 1. The largest absolute Gasteiger partial charge is 0.308 e. The second-order valence-corrected chi connectivity index (χ2v) is 7.42. The van der Waals surface area contributed by atoms with Gasteiger partial charge >= 0.3 is 0 Å². The van der Waals surface area contributed by atoms with Gasteiger partial charge in [0.25, 0.3) is 0 Å². The van der Waals surface area contributed by atoms with Crippen molar-refractivity contribution >= 4 is 9.84 Å². The molecule has 1 saturated heterocycles. The monoisotopic (exact) mass is 253 g/mol.